The molecule has 0 saturated carbocycles. The molecular formula is C22H13N3O5S. The summed E-state index contributed by atoms with van der Waals surface area (Å²) in [6.45, 7) is 0.0675. The zero-order valence-corrected chi connectivity index (χ0v) is 16.7. The van der Waals surface area contributed by atoms with E-state index >= 15 is 0 Å². The fourth-order valence-corrected chi connectivity index (χ4v) is 4.48. The lowest BCUT2D eigenvalue weighted by Gasteiger charge is -2.12. The molecule has 0 aliphatic rings. The number of rotatable bonds is 4. The number of nitrogens with zero attached hydrogens (tertiary/aromatic N) is 3. The molecule has 3 aromatic heterocycles. The van der Waals surface area contributed by atoms with Crippen molar-refractivity contribution in [2.24, 2.45) is 0 Å². The molecule has 152 valence electrons. The highest BCUT2D eigenvalue weighted by Crippen LogP contribution is 2.26. The molecule has 0 unspecified atom stereocenters. The zero-order chi connectivity index (χ0) is 21.5. The Morgan fingerprint density at radius 2 is 1.81 bits per heavy atom. The van der Waals surface area contributed by atoms with Crippen molar-refractivity contribution in [1.82, 2.24) is 9.55 Å². The normalized spacial score (nSPS) is 11.2. The molecule has 0 N–H and O–H groups in total. The third-order valence-electron chi connectivity index (χ3n) is 4.93. The van der Waals surface area contributed by atoms with Crippen LogP contribution < -0.4 is 11.0 Å². The van der Waals surface area contributed by atoms with E-state index in [1.54, 1.807) is 24.3 Å². The highest BCUT2D eigenvalue weighted by Gasteiger charge is 2.19. The van der Waals surface area contributed by atoms with Gasteiger partial charge in [-0.05, 0) is 36.4 Å². The second kappa shape index (κ2) is 7.29. The molecule has 0 bridgehead atoms. The smallest absolute Gasteiger partial charge is 0.269 e. The van der Waals surface area contributed by atoms with Crippen LogP contribution >= 0.6 is 11.3 Å². The summed E-state index contributed by atoms with van der Waals surface area (Å²) in [5.41, 5.74) is -0.406. The molecule has 5 rings (SSSR count). The van der Waals surface area contributed by atoms with Gasteiger partial charge < -0.3 is 4.42 Å². The van der Waals surface area contributed by atoms with E-state index in [0.717, 1.165) is 4.70 Å². The molecule has 0 spiro atoms. The summed E-state index contributed by atoms with van der Waals surface area (Å²) >= 11 is 1.26. The van der Waals surface area contributed by atoms with Crippen molar-refractivity contribution in [1.29, 1.82) is 0 Å². The molecule has 5 aromatic rings. The Hall–Kier alpha value is -4.11. The first-order valence-electron chi connectivity index (χ1n) is 9.26. The molecule has 0 amide bonds. The third kappa shape index (κ3) is 3.21. The maximum Gasteiger partial charge on any atom is 0.269 e. The Kier molecular flexibility index (Phi) is 4.45. The quantitative estimate of drug-likeness (QED) is 0.240. The first-order chi connectivity index (χ1) is 15.0. The summed E-state index contributed by atoms with van der Waals surface area (Å²) < 4.78 is 7.49. The molecule has 0 radical (unpaired) electrons. The Morgan fingerprint density at radius 1 is 1.03 bits per heavy atom. The molecule has 0 aliphatic carbocycles. The van der Waals surface area contributed by atoms with Gasteiger partial charge in [-0.25, -0.2) is 4.98 Å². The average molecular weight is 431 g/mol. The van der Waals surface area contributed by atoms with Gasteiger partial charge in [0.05, 0.1) is 17.7 Å². The summed E-state index contributed by atoms with van der Waals surface area (Å²) in [5.74, 6) is 0.818. The second-order valence-corrected chi connectivity index (χ2v) is 7.85. The Morgan fingerprint density at radius 3 is 2.52 bits per heavy atom. The van der Waals surface area contributed by atoms with E-state index in [-0.39, 0.29) is 23.0 Å². The van der Waals surface area contributed by atoms with E-state index < -0.39 is 10.5 Å². The second-order valence-electron chi connectivity index (χ2n) is 6.82. The lowest BCUT2D eigenvalue weighted by Crippen LogP contribution is -2.27. The van der Waals surface area contributed by atoms with Crippen molar-refractivity contribution in [2.45, 2.75) is 6.54 Å². The highest BCUT2D eigenvalue weighted by molar-refractivity contribution is 7.24. The topological polar surface area (TPSA) is 108 Å². The monoisotopic (exact) mass is 431 g/mol. The van der Waals surface area contributed by atoms with Crippen LogP contribution in [0.2, 0.25) is 0 Å². The van der Waals surface area contributed by atoms with Crippen molar-refractivity contribution in [3.8, 4) is 11.4 Å². The molecule has 8 nitrogen and oxygen atoms in total. The van der Waals surface area contributed by atoms with Crippen molar-refractivity contribution < 1.29 is 9.34 Å². The summed E-state index contributed by atoms with van der Waals surface area (Å²) in [7, 11) is 0. The molecule has 9 heteroatoms. The lowest BCUT2D eigenvalue weighted by atomic mass is 10.1. The van der Waals surface area contributed by atoms with Gasteiger partial charge in [0.2, 0.25) is 5.43 Å². The van der Waals surface area contributed by atoms with Crippen LogP contribution in [0.1, 0.15) is 5.76 Å². The summed E-state index contributed by atoms with van der Waals surface area (Å²) in [6, 6.07) is 16.3. The Bertz CT molecular complexity index is 1570. The molecule has 2 aromatic carbocycles. The van der Waals surface area contributed by atoms with Gasteiger partial charge in [0.25, 0.3) is 11.2 Å². The molecule has 31 heavy (non-hydrogen) atoms. The Labute approximate surface area is 177 Å². The largest absolute Gasteiger partial charge is 0.467 e. The lowest BCUT2D eigenvalue weighted by molar-refractivity contribution is -0.384. The number of hydrogen-bond acceptors (Lipinski definition) is 7. The third-order valence-corrected chi connectivity index (χ3v) is 6.00. The standard InChI is InChI=1S/C22H13N3O5S/c26-19-16-5-1-2-6-17(16)31-21-18(19)22(27)24(12-15-4-3-11-30-15)20(23-21)13-7-9-14(10-8-13)25(28)29/h1-11H,12H2. The molecule has 3 heterocycles. The van der Waals surface area contributed by atoms with E-state index in [1.807, 2.05) is 12.1 Å². The van der Waals surface area contributed by atoms with Crippen LogP contribution in [0.25, 0.3) is 31.7 Å². The predicted molar refractivity (Wildman–Crippen MR) is 118 cm³/mol. The average Bonchev–Trinajstić information content (AvgIpc) is 3.29. The first kappa shape index (κ1) is 18.9. The van der Waals surface area contributed by atoms with E-state index in [1.165, 1.54) is 46.4 Å². The number of benzene rings is 2. The van der Waals surface area contributed by atoms with Crippen LogP contribution in [0.15, 0.2) is 80.9 Å². The minimum Gasteiger partial charge on any atom is -0.467 e. The number of non-ortho nitro benzene ring substituents is 1. The van der Waals surface area contributed by atoms with E-state index in [0.29, 0.717) is 27.4 Å². The number of nitro groups is 1. The van der Waals surface area contributed by atoms with Crippen molar-refractivity contribution in [2.75, 3.05) is 0 Å². The van der Waals surface area contributed by atoms with E-state index in [4.69, 9.17) is 4.42 Å². The predicted octanol–water partition coefficient (Wildman–Crippen LogP) is 4.19. The molecule has 0 atom stereocenters. The van der Waals surface area contributed by atoms with Crippen LogP contribution in [-0.4, -0.2) is 14.5 Å². The van der Waals surface area contributed by atoms with Crippen molar-refractivity contribution in [3.63, 3.8) is 0 Å². The maximum atomic E-state index is 13.5. The van der Waals surface area contributed by atoms with Gasteiger partial charge in [-0.1, -0.05) is 12.1 Å². The molecular weight excluding hydrogens is 418 g/mol. The number of fused-ring (bicyclic) bond motifs is 2. The van der Waals surface area contributed by atoms with Crippen molar-refractivity contribution in [3.05, 3.63) is 103 Å². The fourth-order valence-electron chi connectivity index (χ4n) is 3.44. The van der Waals surface area contributed by atoms with Crippen LogP contribution in [-0.2, 0) is 6.54 Å². The van der Waals surface area contributed by atoms with Gasteiger partial charge in [-0.3, -0.25) is 24.3 Å². The highest BCUT2D eigenvalue weighted by atomic mass is 32.1. The first-order valence-corrected chi connectivity index (χ1v) is 10.1. The minimum absolute atomic E-state index is 0.0147. The SMILES string of the molecule is O=c1c2ccccc2sc2nc(-c3ccc([N+](=O)[O-])cc3)n(Cc3ccco3)c(=O)c12. The Balaban J connectivity index is 1.83. The van der Waals surface area contributed by atoms with Gasteiger partial charge in [0, 0.05) is 27.8 Å². The number of nitro benzene ring substituents is 1. The van der Waals surface area contributed by atoms with Gasteiger partial charge in [0.15, 0.2) is 0 Å². The van der Waals surface area contributed by atoms with E-state index in [2.05, 4.69) is 4.98 Å². The molecule has 0 fully saturated rings. The van der Waals surface area contributed by atoms with Gasteiger partial charge in [0.1, 0.15) is 21.8 Å². The fraction of sp³-hybridized carbons (Fsp3) is 0.0455. The van der Waals surface area contributed by atoms with Gasteiger partial charge in [-0.2, -0.15) is 0 Å². The summed E-state index contributed by atoms with van der Waals surface area (Å²) in [4.78, 5) is 42.0. The number of furan rings is 1. The number of aromatic nitrogens is 2. The minimum atomic E-state index is -0.495. The van der Waals surface area contributed by atoms with Gasteiger partial charge >= 0.3 is 0 Å². The molecule has 0 aliphatic heterocycles. The van der Waals surface area contributed by atoms with Crippen LogP contribution in [0.3, 0.4) is 0 Å². The van der Waals surface area contributed by atoms with Crippen LogP contribution in [0.4, 0.5) is 5.69 Å². The van der Waals surface area contributed by atoms with Crippen LogP contribution in [0.5, 0.6) is 0 Å². The van der Waals surface area contributed by atoms with E-state index in [9.17, 15) is 19.7 Å². The van der Waals surface area contributed by atoms with Crippen molar-refractivity contribution >= 4 is 37.3 Å². The summed E-state index contributed by atoms with van der Waals surface area (Å²) in [6.07, 6.45) is 1.50. The zero-order valence-electron chi connectivity index (χ0n) is 15.8. The van der Waals surface area contributed by atoms with Gasteiger partial charge in [-0.15, -0.1) is 11.3 Å². The number of hydrogen-bond donors (Lipinski definition) is 0. The van der Waals surface area contributed by atoms with Crippen LogP contribution in [0, 0.1) is 10.1 Å². The molecule has 0 saturated heterocycles. The summed E-state index contributed by atoms with van der Waals surface area (Å²) in [5, 5.41) is 11.5. The maximum absolute atomic E-state index is 13.5.